The average molecular weight is 283 g/mol. The molecule has 0 aliphatic heterocycles. The van der Waals surface area contributed by atoms with Crippen LogP contribution in [0.5, 0.6) is 5.88 Å². The van der Waals surface area contributed by atoms with Gasteiger partial charge in [0, 0.05) is 32.0 Å². The fourth-order valence-electron chi connectivity index (χ4n) is 1.54. The van der Waals surface area contributed by atoms with Crippen LogP contribution in [0.25, 0.3) is 0 Å². The number of hydrogen-bond donors (Lipinski definition) is 1. The summed E-state index contributed by atoms with van der Waals surface area (Å²) in [7, 11) is 1.66. The van der Waals surface area contributed by atoms with Crippen LogP contribution in [-0.2, 0) is 9.47 Å². The Balaban J connectivity index is 2.30. The molecule has 0 fully saturated rings. The molecule has 114 valence electrons. The van der Waals surface area contributed by atoms with E-state index in [1.54, 1.807) is 7.11 Å². The molecule has 1 aromatic rings. The normalized spacial score (nSPS) is 10.8. The van der Waals surface area contributed by atoms with E-state index >= 15 is 0 Å². The molecular weight excluding hydrogens is 258 g/mol. The minimum absolute atomic E-state index is 0.103. The first-order valence-corrected chi connectivity index (χ1v) is 6.94. The highest BCUT2D eigenvalue weighted by molar-refractivity contribution is 5.30. The van der Waals surface area contributed by atoms with E-state index in [-0.39, 0.29) is 6.10 Å². The number of aryl methyl sites for hydroxylation is 1. The van der Waals surface area contributed by atoms with Crippen LogP contribution < -0.4 is 10.1 Å². The molecule has 0 saturated carbocycles. The van der Waals surface area contributed by atoms with Crippen LogP contribution >= 0.6 is 0 Å². The average Bonchev–Trinajstić information content (AvgIpc) is 2.36. The van der Waals surface area contributed by atoms with Gasteiger partial charge >= 0.3 is 0 Å². The molecule has 0 unspecified atom stereocenters. The standard InChI is InChI=1S/C14H25N3O3/c1-11(2)20-13-10-12(3)16-14(17-13)15-6-5-7-19-9-8-18-4/h10-11H,5-9H2,1-4H3,(H,15,16,17). The van der Waals surface area contributed by atoms with Gasteiger partial charge in [-0.25, -0.2) is 4.98 Å². The van der Waals surface area contributed by atoms with E-state index in [0.717, 1.165) is 18.7 Å². The maximum atomic E-state index is 5.58. The topological polar surface area (TPSA) is 65.5 Å². The van der Waals surface area contributed by atoms with Crippen LogP contribution in [0.15, 0.2) is 6.07 Å². The Bertz CT molecular complexity index is 386. The first kappa shape index (κ1) is 16.7. The summed E-state index contributed by atoms with van der Waals surface area (Å²) in [6.45, 7) is 8.58. The Morgan fingerprint density at radius 2 is 2.00 bits per heavy atom. The Kier molecular flexibility index (Phi) is 7.91. The van der Waals surface area contributed by atoms with E-state index in [1.807, 2.05) is 26.8 Å². The SMILES string of the molecule is COCCOCCCNc1nc(C)cc(OC(C)C)n1. The largest absolute Gasteiger partial charge is 0.475 e. The Morgan fingerprint density at radius 1 is 1.20 bits per heavy atom. The summed E-state index contributed by atoms with van der Waals surface area (Å²) in [6, 6.07) is 1.83. The number of rotatable bonds is 10. The minimum Gasteiger partial charge on any atom is -0.475 e. The van der Waals surface area contributed by atoms with Crippen molar-refractivity contribution in [2.24, 2.45) is 0 Å². The number of methoxy groups -OCH3 is 1. The molecule has 0 spiro atoms. The first-order chi connectivity index (χ1) is 9.61. The molecule has 1 N–H and O–H groups in total. The van der Waals surface area contributed by atoms with Gasteiger partial charge in [0.25, 0.3) is 0 Å². The van der Waals surface area contributed by atoms with Gasteiger partial charge in [-0.15, -0.1) is 0 Å². The summed E-state index contributed by atoms with van der Waals surface area (Å²) in [5, 5.41) is 3.18. The lowest BCUT2D eigenvalue weighted by Gasteiger charge is -2.11. The van der Waals surface area contributed by atoms with Gasteiger partial charge in [0.1, 0.15) is 0 Å². The molecule has 0 saturated heterocycles. The molecule has 6 nitrogen and oxygen atoms in total. The Hall–Kier alpha value is -1.40. The number of ether oxygens (including phenoxy) is 3. The van der Waals surface area contributed by atoms with Gasteiger partial charge in [-0.3, -0.25) is 0 Å². The van der Waals surface area contributed by atoms with E-state index in [1.165, 1.54) is 0 Å². The van der Waals surface area contributed by atoms with Crippen molar-refractivity contribution in [2.75, 3.05) is 38.8 Å². The molecule has 0 aliphatic rings. The molecule has 20 heavy (non-hydrogen) atoms. The smallest absolute Gasteiger partial charge is 0.226 e. The summed E-state index contributed by atoms with van der Waals surface area (Å²) in [6.07, 6.45) is 0.993. The number of aromatic nitrogens is 2. The van der Waals surface area contributed by atoms with Crippen LogP contribution in [0.2, 0.25) is 0 Å². The quantitative estimate of drug-likeness (QED) is 0.663. The number of nitrogens with one attached hydrogen (secondary N) is 1. The highest BCUT2D eigenvalue weighted by Crippen LogP contribution is 2.13. The van der Waals surface area contributed by atoms with Gasteiger partial charge in [-0.05, 0) is 27.2 Å². The molecule has 0 aromatic carbocycles. The van der Waals surface area contributed by atoms with Crippen molar-refractivity contribution in [1.82, 2.24) is 9.97 Å². The number of hydrogen-bond acceptors (Lipinski definition) is 6. The third-order valence-electron chi connectivity index (χ3n) is 2.37. The van der Waals surface area contributed by atoms with Crippen molar-refractivity contribution < 1.29 is 14.2 Å². The molecule has 1 heterocycles. The van der Waals surface area contributed by atoms with Crippen LogP contribution in [0.4, 0.5) is 5.95 Å². The zero-order chi connectivity index (χ0) is 14.8. The van der Waals surface area contributed by atoms with Crippen LogP contribution in [-0.4, -0.2) is 49.5 Å². The van der Waals surface area contributed by atoms with Gasteiger partial charge in [-0.2, -0.15) is 4.98 Å². The third kappa shape index (κ3) is 7.25. The monoisotopic (exact) mass is 283 g/mol. The molecular formula is C14H25N3O3. The van der Waals surface area contributed by atoms with Gasteiger partial charge in [0.15, 0.2) is 0 Å². The molecule has 0 radical (unpaired) electrons. The van der Waals surface area contributed by atoms with Crippen molar-refractivity contribution in [3.05, 3.63) is 11.8 Å². The van der Waals surface area contributed by atoms with Crippen molar-refractivity contribution in [1.29, 1.82) is 0 Å². The second kappa shape index (κ2) is 9.50. The van der Waals surface area contributed by atoms with Crippen molar-refractivity contribution in [3.63, 3.8) is 0 Å². The predicted molar refractivity (Wildman–Crippen MR) is 78.3 cm³/mol. The third-order valence-corrected chi connectivity index (χ3v) is 2.37. The molecule has 0 atom stereocenters. The molecule has 0 amide bonds. The van der Waals surface area contributed by atoms with Crippen molar-refractivity contribution >= 4 is 5.95 Å². The zero-order valence-corrected chi connectivity index (χ0v) is 12.8. The van der Waals surface area contributed by atoms with E-state index in [2.05, 4.69) is 15.3 Å². The molecule has 0 aliphatic carbocycles. The van der Waals surface area contributed by atoms with Crippen LogP contribution in [0, 0.1) is 6.92 Å². The maximum Gasteiger partial charge on any atom is 0.226 e. The summed E-state index contributed by atoms with van der Waals surface area (Å²) >= 11 is 0. The lowest BCUT2D eigenvalue weighted by molar-refractivity contribution is 0.0705. The van der Waals surface area contributed by atoms with Crippen molar-refractivity contribution in [3.8, 4) is 5.88 Å². The lowest BCUT2D eigenvalue weighted by atomic mass is 10.4. The zero-order valence-electron chi connectivity index (χ0n) is 12.8. The van der Waals surface area contributed by atoms with Crippen LogP contribution in [0.1, 0.15) is 26.0 Å². The first-order valence-electron chi connectivity index (χ1n) is 6.94. The second-order valence-corrected chi connectivity index (χ2v) is 4.72. The number of nitrogens with zero attached hydrogens (tertiary/aromatic N) is 2. The summed E-state index contributed by atoms with van der Waals surface area (Å²) in [5.41, 5.74) is 0.884. The summed E-state index contributed by atoms with van der Waals surface area (Å²) < 4.78 is 15.9. The Labute approximate surface area is 120 Å². The fourth-order valence-corrected chi connectivity index (χ4v) is 1.54. The lowest BCUT2D eigenvalue weighted by Crippen LogP contribution is -2.12. The highest BCUT2D eigenvalue weighted by atomic mass is 16.5. The van der Waals surface area contributed by atoms with E-state index in [9.17, 15) is 0 Å². The van der Waals surface area contributed by atoms with E-state index in [0.29, 0.717) is 31.6 Å². The molecule has 1 rings (SSSR count). The maximum absolute atomic E-state index is 5.58. The molecule has 1 aromatic heterocycles. The van der Waals surface area contributed by atoms with Gasteiger partial charge in [-0.1, -0.05) is 0 Å². The van der Waals surface area contributed by atoms with E-state index in [4.69, 9.17) is 14.2 Å². The van der Waals surface area contributed by atoms with Gasteiger partial charge in [0.05, 0.1) is 19.3 Å². The van der Waals surface area contributed by atoms with Gasteiger partial charge in [0.2, 0.25) is 11.8 Å². The van der Waals surface area contributed by atoms with Crippen molar-refractivity contribution in [2.45, 2.75) is 33.3 Å². The molecule has 6 heteroatoms. The Morgan fingerprint density at radius 3 is 2.70 bits per heavy atom. The highest BCUT2D eigenvalue weighted by Gasteiger charge is 2.04. The van der Waals surface area contributed by atoms with Crippen LogP contribution in [0.3, 0.4) is 0 Å². The predicted octanol–water partition coefficient (Wildman–Crippen LogP) is 2.04. The summed E-state index contributed by atoms with van der Waals surface area (Å²) in [5.74, 6) is 1.20. The summed E-state index contributed by atoms with van der Waals surface area (Å²) in [4.78, 5) is 8.64. The fraction of sp³-hybridized carbons (Fsp3) is 0.714. The van der Waals surface area contributed by atoms with E-state index < -0.39 is 0 Å². The number of anilines is 1. The second-order valence-electron chi connectivity index (χ2n) is 4.72. The minimum atomic E-state index is 0.103. The molecule has 0 bridgehead atoms. The van der Waals surface area contributed by atoms with Gasteiger partial charge < -0.3 is 19.5 Å².